The molecule has 80 valence electrons. The number of aromatic nitrogens is 2. The summed E-state index contributed by atoms with van der Waals surface area (Å²) in [6.45, 7) is 2.61. The monoisotopic (exact) mass is 205 g/mol. The maximum Gasteiger partial charge on any atom is 0.139 e. The lowest BCUT2D eigenvalue weighted by atomic mass is 10.0. The highest BCUT2D eigenvalue weighted by Crippen LogP contribution is 2.25. The van der Waals surface area contributed by atoms with Crippen LogP contribution in [0.25, 0.3) is 11.0 Å². The van der Waals surface area contributed by atoms with E-state index in [1.807, 2.05) is 17.7 Å². The third kappa shape index (κ3) is 1.73. The molecule has 0 aliphatic rings. The summed E-state index contributed by atoms with van der Waals surface area (Å²) < 4.78 is 2.03. The number of nitrogens with zero attached hydrogens (tertiary/aromatic N) is 2. The SMILES string of the molecule is CC(CON)c1cn(C)c2ncccc12. The summed E-state index contributed by atoms with van der Waals surface area (Å²) >= 11 is 0. The largest absolute Gasteiger partial charge is 0.335 e. The smallest absolute Gasteiger partial charge is 0.139 e. The van der Waals surface area contributed by atoms with Gasteiger partial charge in [-0.2, -0.15) is 0 Å². The minimum atomic E-state index is 0.280. The highest BCUT2D eigenvalue weighted by atomic mass is 16.6. The van der Waals surface area contributed by atoms with Gasteiger partial charge in [-0.15, -0.1) is 0 Å². The maximum atomic E-state index is 5.10. The van der Waals surface area contributed by atoms with Crippen LogP contribution >= 0.6 is 0 Å². The van der Waals surface area contributed by atoms with Crippen LogP contribution in [-0.2, 0) is 11.9 Å². The van der Waals surface area contributed by atoms with E-state index in [-0.39, 0.29) is 5.92 Å². The summed E-state index contributed by atoms with van der Waals surface area (Å²) in [5, 5.41) is 1.17. The van der Waals surface area contributed by atoms with E-state index in [4.69, 9.17) is 5.90 Å². The van der Waals surface area contributed by atoms with Crippen LogP contribution in [0.15, 0.2) is 24.5 Å². The van der Waals surface area contributed by atoms with E-state index < -0.39 is 0 Å². The third-order valence-corrected chi connectivity index (χ3v) is 2.64. The quantitative estimate of drug-likeness (QED) is 0.774. The Bertz CT molecular complexity index is 464. The Balaban J connectivity index is 2.52. The number of fused-ring (bicyclic) bond motifs is 1. The Kier molecular flexibility index (Phi) is 2.70. The molecule has 2 heterocycles. The Hall–Kier alpha value is -1.39. The molecule has 4 heteroatoms. The van der Waals surface area contributed by atoms with Gasteiger partial charge in [0.05, 0.1) is 6.61 Å². The summed E-state index contributed by atoms with van der Waals surface area (Å²) in [5.74, 6) is 5.38. The minimum Gasteiger partial charge on any atom is -0.335 e. The van der Waals surface area contributed by atoms with Gasteiger partial charge >= 0.3 is 0 Å². The van der Waals surface area contributed by atoms with Crippen molar-refractivity contribution in [1.29, 1.82) is 0 Å². The van der Waals surface area contributed by atoms with Crippen LogP contribution in [0.2, 0.25) is 0 Å². The van der Waals surface area contributed by atoms with Crippen molar-refractivity contribution in [3.63, 3.8) is 0 Å². The first-order valence-electron chi connectivity index (χ1n) is 4.95. The highest BCUT2D eigenvalue weighted by Gasteiger charge is 2.13. The third-order valence-electron chi connectivity index (χ3n) is 2.64. The number of nitrogens with two attached hydrogens (primary N) is 1. The highest BCUT2D eigenvalue weighted by molar-refractivity contribution is 5.80. The first-order valence-corrected chi connectivity index (χ1v) is 4.95. The normalized spacial score (nSPS) is 13.3. The molecule has 0 aromatic carbocycles. The van der Waals surface area contributed by atoms with Crippen LogP contribution in [0.3, 0.4) is 0 Å². The molecular weight excluding hydrogens is 190 g/mol. The van der Waals surface area contributed by atoms with Crippen LogP contribution in [0.4, 0.5) is 0 Å². The second-order valence-corrected chi connectivity index (χ2v) is 3.80. The molecule has 2 aromatic heterocycles. The summed E-state index contributed by atoms with van der Waals surface area (Å²) in [6.07, 6.45) is 3.89. The van der Waals surface area contributed by atoms with E-state index in [0.29, 0.717) is 6.61 Å². The summed E-state index contributed by atoms with van der Waals surface area (Å²) in [4.78, 5) is 9.02. The lowest BCUT2D eigenvalue weighted by Gasteiger charge is -2.07. The van der Waals surface area contributed by atoms with Gasteiger partial charge in [0, 0.05) is 30.7 Å². The number of rotatable bonds is 3. The molecule has 0 radical (unpaired) electrons. The van der Waals surface area contributed by atoms with Crippen LogP contribution in [0, 0.1) is 0 Å². The molecule has 0 aliphatic carbocycles. The zero-order chi connectivity index (χ0) is 10.8. The molecule has 2 aromatic rings. The van der Waals surface area contributed by atoms with E-state index in [2.05, 4.69) is 29.0 Å². The van der Waals surface area contributed by atoms with Gasteiger partial charge in [-0.1, -0.05) is 6.92 Å². The summed E-state index contributed by atoms with van der Waals surface area (Å²) in [7, 11) is 1.99. The lowest BCUT2D eigenvalue weighted by molar-refractivity contribution is 0.127. The van der Waals surface area contributed by atoms with Crippen molar-refractivity contribution < 1.29 is 4.84 Å². The molecule has 0 saturated carbocycles. The second-order valence-electron chi connectivity index (χ2n) is 3.80. The van der Waals surface area contributed by atoms with Gasteiger partial charge in [-0.25, -0.2) is 10.9 Å². The number of hydrogen-bond donors (Lipinski definition) is 1. The summed E-state index contributed by atoms with van der Waals surface area (Å²) in [5.41, 5.74) is 2.22. The molecule has 0 amide bonds. The van der Waals surface area contributed by atoms with Gasteiger partial charge in [0.15, 0.2) is 0 Å². The van der Waals surface area contributed by atoms with Crippen molar-refractivity contribution in [3.05, 3.63) is 30.1 Å². The molecule has 4 nitrogen and oxygen atoms in total. The Morgan fingerprint density at radius 2 is 2.40 bits per heavy atom. The van der Waals surface area contributed by atoms with Gasteiger partial charge in [0.25, 0.3) is 0 Å². The van der Waals surface area contributed by atoms with Gasteiger partial charge in [0.1, 0.15) is 5.65 Å². The molecule has 0 saturated heterocycles. The number of hydrogen-bond acceptors (Lipinski definition) is 3. The van der Waals surface area contributed by atoms with Crippen LogP contribution in [0.5, 0.6) is 0 Å². The lowest BCUT2D eigenvalue weighted by Crippen LogP contribution is -2.08. The van der Waals surface area contributed by atoms with Crippen molar-refractivity contribution in [2.45, 2.75) is 12.8 Å². The number of pyridine rings is 1. The predicted molar refractivity (Wildman–Crippen MR) is 59.3 cm³/mol. The van der Waals surface area contributed by atoms with Gasteiger partial charge in [-0.3, -0.25) is 0 Å². The summed E-state index contributed by atoms with van der Waals surface area (Å²) in [6, 6.07) is 4.02. The first-order chi connectivity index (χ1) is 7.24. The predicted octanol–water partition coefficient (Wildman–Crippen LogP) is 1.57. The molecule has 1 unspecified atom stereocenters. The fourth-order valence-electron chi connectivity index (χ4n) is 1.87. The average molecular weight is 205 g/mol. The van der Waals surface area contributed by atoms with E-state index in [0.717, 1.165) is 5.65 Å². The Morgan fingerprint density at radius 1 is 1.60 bits per heavy atom. The van der Waals surface area contributed by atoms with Gasteiger partial charge < -0.3 is 9.40 Å². The fraction of sp³-hybridized carbons (Fsp3) is 0.364. The average Bonchev–Trinajstić information content (AvgIpc) is 2.58. The second kappa shape index (κ2) is 4.00. The molecule has 15 heavy (non-hydrogen) atoms. The minimum absolute atomic E-state index is 0.280. The maximum absolute atomic E-state index is 5.10. The topological polar surface area (TPSA) is 53.1 Å². The van der Waals surface area contributed by atoms with Crippen molar-refractivity contribution in [2.75, 3.05) is 6.61 Å². The van der Waals surface area contributed by atoms with Gasteiger partial charge in [0.2, 0.25) is 0 Å². The molecule has 2 rings (SSSR count). The zero-order valence-corrected chi connectivity index (χ0v) is 8.97. The fourth-order valence-corrected chi connectivity index (χ4v) is 1.87. The first kappa shape index (κ1) is 10.1. The van der Waals surface area contributed by atoms with Crippen molar-refractivity contribution >= 4 is 11.0 Å². The van der Waals surface area contributed by atoms with Crippen molar-refractivity contribution in [1.82, 2.24) is 9.55 Å². The van der Waals surface area contributed by atoms with Crippen LogP contribution in [-0.4, -0.2) is 16.2 Å². The van der Waals surface area contributed by atoms with Crippen LogP contribution in [0.1, 0.15) is 18.4 Å². The molecular formula is C11H15N3O. The van der Waals surface area contributed by atoms with Crippen molar-refractivity contribution in [2.24, 2.45) is 12.9 Å². The molecule has 0 spiro atoms. The van der Waals surface area contributed by atoms with Crippen LogP contribution < -0.4 is 5.90 Å². The van der Waals surface area contributed by atoms with Gasteiger partial charge in [-0.05, 0) is 17.7 Å². The number of aryl methyl sites for hydroxylation is 1. The van der Waals surface area contributed by atoms with E-state index >= 15 is 0 Å². The van der Waals surface area contributed by atoms with E-state index in [9.17, 15) is 0 Å². The zero-order valence-electron chi connectivity index (χ0n) is 8.97. The van der Waals surface area contributed by atoms with Crippen molar-refractivity contribution in [3.8, 4) is 0 Å². The molecule has 0 fully saturated rings. The standard InChI is InChI=1S/C11H15N3O/c1-8(7-15-12)10-6-14(2)11-9(10)4-3-5-13-11/h3-6,8H,7,12H2,1-2H3. The molecule has 1 atom stereocenters. The molecule has 0 aliphatic heterocycles. The van der Waals surface area contributed by atoms with E-state index in [1.165, 1.54) is 10.9 Å². The van der Waals surface area contributed by atoms with E-state index in [1.54, 1.807) is 6.20 Å². The molecule has 2 N–H and O–H groups in total. The Morgan fingerprint density at radius 3 is 3.13 bits per heavy atom. The molecule has 0 bridgehead atoms. The Labute approximate surface area is 88.6 Å².